The van der Waals surface area contributed by atoms with Gasteiger partial charge in [0.05, 0.1) is 0 Å². The maximum atomic E-state index is 6.07. The normalized spacial score (nSPS) is 30.1. The summed E-state index contributed by atoms with van der Waals surface area (Å²) < 4.78 is 0. The van der Waals surface area contributed by atoms with Crippen LogP contribution in [0.2, 0.25) is 5.15 Å². The van der Waals surface area contributed by atoms with Gasteiger partial charge in [-0.3, -0.25) is 0 Å². The Morgan fingerprint density at radius 2 is 2.11 bits per heavy atom. The van der Waals surface area contributed by atoms with Crippen LogP contribution in [0.25, 0.3) is 0 Å². The number of aromatic nitrogens is 2. The Labute approximate surface area is 113 Å². The average Bonchev–Trinajstić information content (AvgIpc) is 2.90. The van der Waals surface area contributed by atoms with E-state index < -0.39 is 0 Å². The molecular weight excluding hydrogens is 246 g/mol. The molecule has 3 atom stereocenters. The van der Waals surface area contributed by atoms with E-state index in [1.165, 1.54) is 25.7 Å². The number of rotatable bonds is 3. The molecule has 2 aliphatic carbocycles. The van der Waals surface area contributed by atoms with Gasteiger partial charge < -0.3 is 5.32 Å². The number of hydrogen-bond donors (Lipinski definition) is 1. The number of anilines is 1. The van der Waals surface area contributed by atoms with Gasteiger partial charge >= 0.3 is 0 Å². The van der Waals surface area contributed by atoms with E-state index >= 15 is 0 Å². The summed E-state index contributed by atoms with van der Waals surface area (Å²) in [6, 6.07) is 2.44. The van der Waals surface area contributed by atoms with Gasteiger partial charge in [0.15, 0.2) is 0 Å². The van der Waals surface area contributed by atoms with Gasteiger partial charge in [-0.2, -0.15) is 0 Å². The number of nitrogens with zero attached hydrogens (tertiary/aromatic N) is 2. The zero-order chi connectivity index (χ0) is 12.7. The van der Waals surface area contributed by atoms with Gasteiger partial charge in [0.25, 0.3) is 0 Å². The van der Waals surface area contributed by atoms with Gasteiger partial charge in [0.1, 0.15) is 16.8 Å². The molecule has 4 heteroatoms. The molecule has 0 spiro atoms. The van der Waals surface area contributed by atoms with Crippen molar-refractivity contribution in [2.24, 2.45) is 11.8 Å². The maximum Gasteiger partial charge on any atom is 0.135 e. The van der Waals surface area contributed by atoms with Crippen LogP contribution in [0.1, 0.15) is 51.3 Å². The van der Waals surface area contributed by atoms with E-state index in [-0.39, 0.29) is 0 Å². The summed E-state index contributed by atoms with van der Waals surface area (Å²) in [4.78, 5) is 8.84. The van der Waals surface area contributed by atoms with Crippen LogP contribution in [0, 0.1) is 11.8 Å². The summed E-state index contributed by atoms with van der Waals surface area (Å²) >= 11 is 6.07. The van der Waals surface area contributed by atoms with Crippen LogP contribution >= 0.6 is 11.6 Å². The second kappa shape index (κ2) is 4.69. The third kappa shape index (κ3) is 2.33. The van der Waals surface area contributed by atoms with Crippen molar-refractivity contribution in [3.05, 3.63) is 17.0 Å². The minimum atomic E-state index is 0.310. The highest BCUT2D eigenvalue weighted by molar-refractivity contribution is 6.29. The van der Waals surface area contributed by atoms with E-state index in [0.29, 0.717) is 17.1 Å². The molecule has 1 heterocycles. The van der Waals surface area contributed by atoms with Crippen LogP contribution in [0.3, 0.4) is 0 Å². The molecule has 98 valence electrons. The third-order valence-electron chi connectivity index (χ3n) is 4.30. The molecule has 0 saturated heterocycles. The first kappa shape index (κ1) is 12.2. The Hall–Kier alpha value is -0.830. The molecule has 0 radical (unpaired) electrons. The van der Waals surface area contributed by atoms with Gasteiger partial charge in [-0.15, -0.1) is 0 Å². The lowest BCUT2D eigenvalue weighted by Gasteiger charge is -2.23. The molecule has 2 saturated carbocycles. The van der Waals surface area contributed by atoms with Crippen molar-refractivity contribution in [2.45, 2.75) is 51.5 Å². The van der Waals surface area contributed by atoms with Crippen LogP contribution in [0.5, 0.6) is 0 Å². The van der Waals surface area contributed by atoms with Crippen LogP contribution < -0.4 is 5.32 Å². The van der Waals surface area contributed by atoms with Crippen molar-refractivity contribution < 1.29 is 0 Å². The van der Waals surface area contributed by atoms with Gasteiger partial charge in [0.2, 0.25) is 0 Å². The summed E-state index contributed by atoms with van der Waals surface area (Å²) in [5.74, 6) is 3.81. The highest BCUT2D eigenvalue weighted by Crippen LogP contribution is 2.45. The fourth-order valence-electron chi connectivity index (χ4n) is 3.38. The first-order chi connectivity index (χ1) is 8.61. The monoisotopic (exact) mass is 265 g/mol. The van der Waals surface area contributed by atoms with Crippen molar-refractivity contribution in [1.82, 2.24) is 9.97 Å². The van der Waals surface area contributed by atoms with Crippen molar-refractivity contribution in [1.29, 1.82) is 0 Å². The van der Waals surface area contributed by atoms with Crippen molar-refractivity contribution >= 4 is 17.4 Å². The Morgan fingerprint density at radius 3 is 2.72 bits per heavy atom. The fraction of sp³-hybridized carbons (Fsp3) is 0.714. The van der Waals surface area contributed by atoms with E-state index in [0.717, 1.165) is 23.5 Å². The minimum absolute atomic E-state index is 0.310. The van der Waals surface area contributed by atoms with E-state index in [2.05, 4.69) is 29.1 Å². The van der Waals surface area contributed by atoms with E-state index in [1.54, 1.807) is 0 Å². The topological polar surface area (TPSA) is 37.8 Å². The standard InChI is InChI=1S/C14H20ClN3/c1-8(2)14-17-12(15)7-13(18-14)16-11-6-9-3-4-10(11)5-9/h7-11H,3-6H2,1-2H3,(H,16,17,18). The van der Waals surface area contributed by atoms with E-state index in [1.807, 2.05) is 6.07 Å². The van der Waals surface area contributed by atoms with Crippen molar-refractivity contribution in [3.63, 3.8) is 0 Å². The molecule has 2 bridgehead atoms. The molecule has 3 unspecified atom stereocenters. The van der Waals surface area contributed by atoms with Crippen molar-refractivity contribution in [2.75, 3.05) is 5.32 Å². The Kier molecular flexibility index (Phi) is 3.18. The molecule has 1 aromatic heterocycles. The third-order valence-corrected chi connectivity index (χ3v) is 4.49. The Bertz CT molecular complexity index is 447. The Balaban J connectivity index is 1.76. The molecule has 3 nitrogen and oxygen atoms in total. The smallest absolute Gasteiger partial charge is 0.135 e. The molecular formula is C14H20ClN3. The lowest BCUT2D eigenvalue weighted by atomic mass is 9.95. The molecule has 1 aromatic rings. The second-order valence-electron chi connectivity index (χ2n) is 6.01. The van der Waals surface area contributed by atoms with Crippen molar-refractivity contribution in [3.8, 4) is 0 Å². The molecule has 3 rings (SSSR count). The van der Waals surface area contributed by atoms with Gasteiger partial charge in [-0.1, -0.05) is 31.9 Å². The van der Waals surface area contributed by atoms with E-state index in [9.17, 15) is 0 Å². The molecule has 2 fully saturated rings. The quantitative estimate of drug-likeness (QED) is 0.844. The molecule has 18 heavy (non-hydrogen) atoms. The maximum absolute atomic E-state index is 6.07. The average molecular weight is 266 g/mol. The SMILES string of the molecule is CC(C)c1nc(Cl)cc(NC2CC3CCC2C3)n1. The number of nitrogens with one attached hydrogen (secondary N) is 1. The highest BCUT2D eigenvalue weighted by Gasteiger charge is 2.39. The summed E-state index contributed by atoms with van der Waals surface area (Å²) in [7, 11) is 0. The molecule has 0 amide bonds. The summed E-state index contributed by atoms with van der Waals surface area (Å²) in [6.07, 6.45) is 5.49. The second-order valence-corrected chi connectivity index (χ2v) is 6.40. The van der Waals surface area contributed by atoms with Crippen LogP contribution in [-0.2, 0) is 0 Å². The van der Waals surface area contributed by atoms with Gasteiger partial charge in [-0.25, -0.2) is 9.97 Å². The largest absolute Gasteiger partial charge is 0.367 e. The lowest BCUT2D eigenvalue weighted by molar-refractivity contribution is 0.438. The van der Waals surface area contributed by atoms with Gasteiger partial charge in [-0.05, 0) is 31.1 Å². The lowest BCUT2D eigenvalue weighted by Crippen LogP contribution is -2.26. The molecule has 1 N–H and O–H groups in total. The highest BCUT2D eigenvalue weighted by atomic mass is 35.5. The number of fused-ring (bicyclic) bond motifs is 2. The zero-order valence-corrected chi connectivity index (χ0v) is 11.7. The van der Waals surface area contributed by atoms with Gasteiger partial charge in [0, 0.05) is 18.0 Å². The van der Waals surface area contributed by atoms with Crippen LogP contribution in [0.4, 0.5) is 5.82 Å². The zero-order valence-electron chi connectivity index (χ0n) is 11.0. The first-order valence-electron chi connectivity index (χ1n) is 6.93. The van der Waals surface area contributed by atoms with Crippen LogP contribution in [0.15, 0.2) is 6.07 Å². The fourth-order valence-corrected chi connectivity index (χ4v) is 3.57. The molecule has 2 aliphatic rings. The predicted molar refractivity (Wildman–Crippen MR) is 74.0 cm³/mol. The first-order valence-corrected chi connectivity index (χ1v) is 7.30. The molecule has 0 aromatic carbocycles. The number of hydrogen-bond acceptors (Lipinski definition) is 3. The van der Waals surface area contributed by atoms with E-state index in [4.69, 9.17) is 11.6 Å². The predicted octanol–water partition coefficient (Wildman–Crippen LogP) is 3.85. The minimum Gasteiger partial charge on any atom is -0.367 e. The van der Waals surface area contributed by atoms with Crippen LogP contribution in [-0.4, -0.2) is 16.0 Å². The summed E-state index contributed by atoms with van der Waals surface area (Å²) in [5, 5.41) is 4.11. The summed E-state index contributed by atoms with van der Waals surface area (Å²) in [6.45, 7) is 4.18. The number of halogens is 1. The summed E-state index contributed by atoms with van der Waals surface area (Å²) in [5.41, 5.74) is 0. The Morgan fingerprint density at radius 1 is 1.28 bits per heavy atom. The molecule has 0 aliphatic heterocycles.